The van der Waals surface area contributed by atoms with Crippen molar-refractivity contribution in [1.29, 1.82) is 0 Å². The van der Waals surface area contributed by atoms with Crippen LogP contribution in [0.25, 0.3) is 0 Å². The first-order chi connectivity index (χ1) is 11.5. The highest BCUT2D eigenvalue weighted by atomic mass is 16.4. The van der Waals surface area contributed by atoms with E-state index in [2.05, 4.69) is 6.92 Å². The zero-order valence-corrected chi connectivity index (χ0v) is 15.1. The first kappa shape index (κ1) is 22.6. The molecule has 0 unspecified atom stereocenters. The Kier molecular flexibility index (Phi) is 14.3. The lowest BCUT2D eigenvalue weighted by molar-refractivity contribution is -0.154. The van der Waals surface area contributed by atoms with Crippen molar-refractivity contribution >= 4 is 17.7 Å². The first-order valence-electron chi connectivity index (χ1n) is 9.46. The predicted octanol–water partition coefficient (Wildman–Crippen LogP) is 4.82. The summed E-state index contributed by atoms with van der Waals surface area (Å²) < 4.78 is 0. The summed E-state index contributed by atoms with van der Waals surface area (Å²) in [6, 6.07) is 0. The molecule has 0 amide bonds. The van der Waals surface area contributed by atoms with Crippen LogP contribution in [0.4, 0.5) is 0 Å². The third kappa shape index (κ3) is 13.1. The van der Waals surface area contributed by atoms with Crippen LogP contribution >= 0.6 is 0 Å². The van der Waals surface area contributed by atoms with Gasteiger partial charge in [0.25, 0.3) is 0 Å². The van der Waals surface area contributed by atoms with Crippen molar-refractivity contribution in [1.82, 2.24) is 0 Å². The number of ketones is 1. The lowest BCUT2D eigenvalue weighted by Gasteiger charge is -2.06. The highest BCUT2D eigenvalue weighted by Crippen LogP contribution is 2.14. The molecule has 0 bridgehead atoms. The van der Waals surface area contributed by atoms with E-state index in [1.54, 1.807) is 0 Å². The molecular weight excluding hydrogens is 308 g/mol. The van der Waals surface area contributed by atoms with Crippen LogP contribution in [0, 0.1) is 5.92 Å². The van der Waals surface area contributed by atoms with Crippen molar-refractivity contribution in [3.63, 3.8) is 0 Å². The van der Waals surface area contributed by atoms with Crippen molar-refractivity contribution < 1.29 is 24.6 Å². The van der Waals surface area contributed by atoms with Gasteiger partial charge < -0.3 is 10.2 Å². The molecule has 0 fully saturated rings. The summed E-state index contributed by atoms with van der Waals surface area (Å²) in [4.78, 5) is 33.2. The highest BCUT2D eigenvalue weighted by Gasteiger charge is 2.24. The Hall–Kier alpha value is -1.39. The molecule has 0 atom stereocenters. The quantitative estimate of drug-likeness (QED) is 0.292. The van der Waals surface area contributed by atoms with Gasteiger partial charge in [0.2, 0.25) is 0 Å². The summed E-state index contributed by atoms with van der Waals surface area (Å²) >= 11 is 0. The van der Waals surface area contributed by atoms with Crippen LogP contribution < -0.4 is 0 Å². The van der Waals surface area contributed by atoms with Crippen molar-refractivity contribution in [2.75, 3.05) is 0 Å². The summed E-state index contributed by atoms with van der Waals surface area (Å²) in [5, 5.41) is 17.5. The Balaban J connectivity index is 3.44. The maximum Gasteiger partial charge on any atom is 0.317 e. The second kappa shape index (κ2) is 15.2. The van der Waals surface area contributed by atoms with Gasteiger partial charge in [-0.3, -0.25) is 14.4 Å². The van der Waals surface area contributed by atoms with Gasteiger partial charge in [0, 0.05) is 12.8 Å². The lowest BCUT2D eigenvalue weighted by atomic mass is 9.99. The van der Waals surface area contributed by atoms with Gasteiger partial charge >= 0.3 is 11.9 Å². The van der Waals surface area contributed by atoms with Crippen molar-refractivity contribution in [3.05, 3.63) is 0 Å². The molecule has 2 N–H and O–H groups in total. The van der Waals surface area contributed by atoms with E-state index >= 15 is 0 Å². The summed E-state index contributed by atoms with van der Waals surface area (Å²) in [7, 11) is 0. The smallest absolute Gasteiger partial charge is 0.317 e. The van der Waals surface area contributed by atoms with E-state index in [0.29, 0.717) is 25.0 Å². The van der Waals surface area contributed by atoms with E-state index < -0.39 is 17.9 Å². The first-order valence-corrected chi connectivity index (χ1v) is 9.46. The number of unbranched alkanes of at least 4 members (excludes halogenated alkanes) is 9. The number of hydrogen-bond donors (Lipinski definition) is 2. The van der Waals surface area contributed by atoms with Crippen molar-refractivity contribution in [2.24, 2.45) is 5.92 Å². The van der Waals surface area contributed by atoms with Crippen LogP contribution in [-0.4, -0.2) is 27.9 Å². The molecule has 140 valence electrons. The number of carboxylic acid groups (broad SMARTS) is 2. The molecule has 0 aromatic carbocycles. The minimum atomic E-state index is -1.29. The van der Waals surface area contributed by atoms with Crippen LogP contribution in [0.2, 0.25) is 0 Å². The predicted molar refractivity (Wildman–Crippen MR) is 94.1 cm³/mol. The van der Waals surface area contributed by atoms with Gasteiger partial charge in [-0.1, -0.05) is 64.7 Å². The minimum Gasteiger partial charge on any atom is -0.481 e. The topological polar surface area (TPSA) is 91.7 Å². The molecule has 0 rings (SSSR count). The molecule has 0 radical (unpaired) electrons. The minimum absolute atomic E-state index is 0.182. The van der Waals surface area contributed by atoms with Crippen molar-refractivity contribution in [3.8, 4) is 0 Å². The molecule has 0 saturated heterocycles. The Bertz CT molecular complexity index is 351. The molecule has 0 saturated carbocycles. The summed E-state index contributed by atoms with van der Waals surface area (Å²) in [5.41, 5.74) is 0. The fourth-order valence-electron chi connectivity index (χ4n) is 2.78. The maximum atomic E-state index is 11.7. The zero-order chi connectivity index (χ0) is 18.2. The molecule has 0 aromatic rings. The Morgan fingerprint density at radius 2 is 1.08 bits per heavy atom. The number of carbonyl (C=O) groups excluding carboxylic acids is 1. The largest absolute Gasteiger partial charge is 0.481 e. The monoisotopic (exact) mass is 342 g/mol. The fraction of sp³-hybridized carbons (Fsp3) is 0.842. The van der Waals surface area contributed by atoms with Crippen LogP contribution in [0.1, 0.15) is 96.8 Å². The number of hydrogen-bond acceptors (Lipinski definition) is 3. The molecule has 0 aromatic heterocycles. The van der Waals surface area contributed by atoms with Gasteiger partial charge in [-0.05, 0) is 19.3 Å². The molecule has 0 spiro atoms. The Morgan fingerprint density at radius 3 is 1.54 bits per heavy atom. The van der Waals surface area contributed by atoms with Crippen LogP contribution in [-0.2, 0) is 14.4 Å². The summed E-state index contributed by atoms with van der Waals surface area (Å²) in [6.07, 6.45) is 12.9. The Morgan fingerprint density at radius 1 is 0.667 bits per heavy atom. The molecule has 0 aliphatic heterocycles. The normalized spacial score (nSPS) is 10.9. The van der Waals surface area contributed by atoms with Crippen LogP contribution in [0.15, 0.2) is 0 Å². The molecular formula is C19H34O5. The number of Topliss-reactive ketones (excluding diaryl/α,β-unsaturated/α-hetero) is 1. The average Bonchev–Trinajstić information content (AvgIpc) is 2.52. The average molecular weight is 342 g/mol. The highest BCUT2D eigenvalue weighted by molar-refractivity contribution is 5.92. The second-order valence-electron chi connectivity index (χ2n) is 6.59. The van der Waals surface area contributed by atoms with Gasteiger partial charge in [-0.15, -0.1) is 0 Å². The molecule has 5 heteroatoms. The molecule has 24 heavy (non-hydrogen) atoms. The third-order valence-electron chi connectivity index (χ3n) is 4.35. The second-order valence-corrected chi connectivity index (χ2v) is 6.59. The van der Waals surface area contributed by atoms with Gasteiger partial charge in [0.05, 0.1) is 0 Å². The van der Waals surface area contributed by atoms with Crippen LogP contribution in [0.5, 0.6) is 0 Å². The van der Waals surface area contributed by atoms with E-state index in [1.165, 1.54) is 25.7 Å². The number of carbonyl (C=O) groups is 3. The number of carboxylic acids is 2. The fourth-order valence-corrected chi connectivity index (χ4v) is 2.78. The van der Waals surface area contributed by atoms with E-state index in [0.717, 1.165) is 38.5 Å². The van der Waals surface area contributed by atoms with Gasteiger partial charge in [-0.25, -0.2) is 0 Å². The summed E-state index contributed by atoms with van der Waals surface area (Å²) in [5.74, 6) is -3.46. The zero-order valence-electron chi connectivity index (χ0n) is 15.1. The molecule has 5 nitrogen and oxygen atoms in total. The Labute approximate surface area is 145 Å². The number of aliphatic carboxylic acids is 2. The third-order valence-corrected chi connectivity index (χ3v) is 4.35. The maximum absolute atomic E-state index is 11.7. The van der Waals surface area contributed by atoms with E-state index in [4.69, 9.17) is 10.2 Å². The van der Waals surface area contributed by atoms with Gasteiger partial charge in [0.1, 0.15) is 5.78 Å². The molecule has 0 aliphatic rings. The van der Waals surface area contributed by atoms with Gasteiger partial charge in [-0.2, -0.15) is 0 Å². The standard InChI is InChI=1S/C19H34O5/c1-2-3-4-5-7-10-13-16(20)14-11-8-6-9-12-15-17(18(21)22)19(23)24/h17H,2-15H2,1H3,(H,21,22)(H,23,24). The summed E-state index contributed by atoms with van der Waals surface area (Å²) in [6.45, 7) is 2.19. The van der Waals surface area contributed by atoms with E-state index in [-0.39, 0.29) is 6.42 Å². The van der Waals surface area contributed by atoms with Gasteiger partial charge in [0.15, 0.2) is 5.92 Å². The van der Waals surface area contributed by atoms with Crippen molar-refractivity contribution in [2.45, 2.75) is 96.8 Å². The SMILES string of the molecule is CCCCCCCCC(=O)CCCCCCCC(C(=O)O)C(=O)O. The van der Waals surface area contributed by atoms with E-state index in [1.807, 2.05) is 0 Å². The van der Waals surface area contributed by atoms with E-state index in [9.17, 15) is 14.4 Å². The molecule has 0 heterocycles. The number of rotatable bonds is 17. The van der Waals surface area contributed by atoms with Crippen LogP contribution in [0.3, 0.4) is 0 Å². The molecule has 0 aliphatic carbocycles. The lowest BCUT2D eigenvalue weighted by Crippen LogP contribution is -2.23.